The highest BCUT2D eigenvalue weighted by molar-refractivity contribution is 5.89. The summed E-state index contributed by atoms with van der Waals surface area (Å²) in [5, 5.41) is 5.42. The van der Waals surface area contributed by atoms with Crippen LogP contribution in [-0.4, -0.2) is 19.4 Å². The van der Waals surface area contributed by atoms with Crippen LogP contribution in [0.4, 0.5) is 10.5 Å². The highest BCUT2D eigenvalue weighted by Gasteiger charge is 2.13. The van der Waals surface area contributed by atoms with Gasteiger partial charge in [0.05, 0.1) is 0 Å². The Morgan fingerprint density at radius 1 is 1.21 bits per heavy atom. The molecule has 0 fully saturated rings. The number of urea groups is 1. The lowest BCUT2D eigenvalue weighted by molar-refractivity contribution is 0.173. The maximum atomic E-state index is 11.6. The van der Waals surface area contributed by atoms with E-state index in [1.54, 1.807) is 12.1 Å². The van der Waals surface area contributed by atoms with E-state index in [4.69, 9.17) is 14.2 Å². The Hall–Kier alpha value is -3.15. The summed E-state index contributed by atoms with van der Waals surface area (Å²) in [6.07, 6.45) is 1.62. The van der Waals surface area contributed by atoms with Crippen LogP contribution in [-0.2, 0) is 6.61 Å². The normalized spacial score (nSPS) is 11.7. The second-order valence-corrected chi connectivity index (χ2v) is 5.13. The number of hydrogen-bond donors (Lipinski definition) is 2. The predicted octanol–water partition coefficient (Wildman–Crippen LogP) is 3.30. The lowest BCUT2D eigenvalue weighted by Gasteiger charge is -2.10. The average Bonchev–Trinajstić information content (AvgIpc) is 3.06. The third-order valence-electron chi connectivity index (χ3n) is 3.34. The summed E-state index contributed by atoms with van der Waals surface area (Å²) in [5.41, 5.74) is 1.64. The van der Waals surface area contributed by atoms with Crippen molar-refractivity contribution in [1.82, 2.24) is 5.32 Å². The molecule has 2 N–H and O–H groups in total. The highest BCUT2D eigenvalue weighted by atomic mass is 16.7. The van der Waals surface area contributed by atoms with Gasteiger partial charge in [-0.05, 0) is 29.8 Å². The number of fused-ring (bicyclic) bond motifs is 1. The minimum atomic E-state index is -0.274. The number of rotatable bonds is 6. The molecule has 0 radical (unpaired) electrons. The molecule has 1 aliphatic heterocycles. The van der Waals surface area contributed by atoms with Gasteiger partial charge in [0.1, 0.15) is 12.4 Å². The molecular weight excluding hydrogens is 308 g/mol. The quantitative estimate of drug-likeness (QED) is 0.799. The number of amides is 2. The summed E-state index contributed by atoms with van der Waals surface area (Å²) in [5.74, 6) is 2.10. The molecule has 0 saturated heterocycles. The molecule has 1 aliphatic rings. The molecule has 0 spiro atoms. The molecule has 3 rings (SSSR count). The highest BCUT2D eigenvalue weighted by Crippen LogP contribution is 2.35. The fourth-order valence-electron chi connectivity index (χ4n) is 2.21. The molecule has 0 aromatic heterocycles. The van der Waals surface area contributed by atoms with Crippen LogP contribution >= 0.6 is 0 Å². The first-order valence-electron chi connectivity index (χ1n) is 7.52. The fourth-order valence-corrected chi connectivity index (χ4v) is 2.21. The van der Waals surface area contributed by atoms with Crippen LogP contribution in [0.1, 0.15) is 5.56 Å². The van der Waals surface area contributed by atoms with Crippen molar-refractivity contribution in [2.24, 2.45) is 0 Å². The van der Waals surface area contributed by atoms with E-state index in [9.17, 15) is 4.79 Å². The fraction of sp³-hybridized carbons (Fsp3) is 0.167. The maximum absolute atomic E-state index is 11.6. The van der Waals surface area contributed by atoms with E-state index in [-0.39, 0.29) is 12.8 Å². The first-order valence-corrected chi connectivity index (χ1v) is 7.52. The number of carbonyl (C=O) groups is 1. The van der Waals surface area contributed by atoms with Crippen LogP contribution in [0.3, 0.4) is 0 Å². The van der Waals surface area contributed by atoms with Gasteiger partial charge in [-0.25, -0.2) is 4.79 Å². The largest absolute Gasteiger partial charge is 0.489 e. The molecular formula is C18H18N2O4. The van der Waals surface area contributed by atoms with Crippen LogP contribution in [0.5, 0.6) is 17.2 Å². The molecule has 2 aromatic carbocycles. The van der Waals surface area contributed by atoms with Gasteiger partial charge < -0.3 is 24.8 Å². The molecule has 0 bridgehead atoms. The van der Waals surface area contributed by atoms with E-state index in [1.807, 2.05) is 36.4 Å². The van der Waals surface area contributed by atoms with Crippen molar-refractivity contribution in [2.45, 2.75) is 6.61 Å². The summed E-state index contributed by atoms with van der Waals surface area (Å²) in [4.78, 5) is 11.6. The molecule has 0 unspecified atom stereocenters. The standard InChI is InChI=1S/C18H18N2O4/c1-2-8-19-18(21)20-14-5-3-4-13(9-14)11-22-15-6-7-16-17(10-15)24-12-23-16/h2-7,9-10H,1,8,11-12H2,(H2,19,20,21). The van der Waals surface area contributed by atoms with Gasteiger partial charge in [-0.15, -0.1) is 6.58 Å². The molecule has 6 nitrogen and oxygen atoms in total. The second-order valence-electron chi connectivity index (χ2n) is 5.13. The van der Waals surface area contributed by atoms with E-state index in [0.717, 1.165) is 11.3 Å². The predicted molar refractivity (Wildman–Crippen MR) is 90.6 cm³/mol. The molecule has 124 valence electrons. The van der Waals surface area contributed by atoms with Gasteiger partial charge in [-0.2, -0.15) is 0 Å². The van der Waals surface area contributed by atoms with Crippen molar-refractivity contribution in [3.63, 3.8) is 0 Å². The monoisotopic (exact) mass is 326 g/mol. The first kappa shape index (κ1) is 15.7. The zero-order valence-corrected chi connectivity index (χ0v) is 13.1. The van der Waals surface area contributed by atoms with Gasteiger partial charge in [0.15, 0.2) is 11.5 Å². The van der Waals surface area contributed by atoms with Crippen LogP contribution in [0.25, 0.3) is 0 Å². The third-order valence-corrected chi connectivity index (χ3v) is 3.34. The Balaban J connectivity index is 1.58. The van der Waals surface area contributed by atoms with E-state index in [1.165, 1.54) is 0 Å². The van der Waals surface area contributed by atoms with Crippen LogP contribution < -0.4 is 24.8 Å². The Morgan fingerprint density at radius 3 is 2.96 bits per heavy atom. The molecule has 2 amide bonds. The molecule has 1 heterocycles. The van der Waals surface area contributed by atoms with E-state index in [0.29, 0.717) is 30.3 Å². The minimum Gasteiger partial charge on any atom is -0.489 e. The number of benzene rings is 2. The molecule has 0 atom stereocenters. The van der Waals surface area contributed by atoms with Crippen molar-refractivity contribution < 1.29 is 19.0 Å². The Kier molecular flexibility index (Phi) is 4.86. The summed E-state index contributed by atoms with van der Waals surface area (Å²) in [7, 11) is 0. The Bertz CT molecular complexity index is 746. The number of hydrogen-bond acceptors (Lipinski definition) is 4. The van der Waals surface area contributed by atoms with Gasteiger partial charge in [-0.3, -0.25) is 0 Å². The summed E-state index contributed by atoms with van der Waals surface area (Å²) in [6.45, 7) is 4.58. The number of anilines is 1. The van der Waals surface area contributed by atoms with E-state index in [2.05, 4.69) is 17.2 Å². The smallest absolute Gasteiger partial charge is 0.319 e. The van der Waals surface area contributed by atoms with Crippen molar-refractivity contribution >= 4 is 11.7 Å². The van der Waals surface area contributed by atoms with Crippen molar-refractivity contribution in [3.05, 3.63) is 60.7 Å². The lowest BCUT2D eigenvalue weighted by atomic mass is 10.2. The number of ether oxygens (including phenoxy) is 3. The van der Waals surface area contributed by atoms with Crippen LogP contribution in [0.15, 0.2) is 55.1 Å². The second kappa shape index (κ2) is 7.41. The van der Waals surface area contributed by atoms with Gasteiger partial charge >= 0.3 is 6.03 Å². The van der Waals surface area contributed by atoms with Gasteiger partial charge in [0, 0.05) is 18.3 Å². The van der Waals surface area contributed by atoms with Crippen molar-refractivity contribution in [3.8, 4) is 17.2 Å². The maximum Gasteiger partial charge on any atom is 0.319 e. The van der Waals surface area contributed by atoms with E-state index < -0.39 is 0 Å². The molecule has 24 heavy (non-hydrogen) atoms. The lowest BCUT2D eigenvalue weighted by Crippen LogP contribution is -2.28. The summed E-state index contributed by atoms with van der Waals surface area (Å²) < 4.78 is 16.4. The number of carbonyl (C=O) groups excluding carboxylic acids is 1. The first-order chi connectivity index (χ1) is 11.7. The molecule has 6 heteroatoms. The average molecular weight is 326 g/mol. The zero-order valence-electron chi connectivity index (χ0n) is 13.1. The third kappa shape index (κ3) is 3.98. The SMILES string of the molecule is C=CCNC(=O)Nc1cccc(COc2ccc3c(c2)OCO3)c1. The van der Waals surface area contributed by atoms with E-state index >= 15 is 0 Å². The van der Waals surface area contributed by atoms with Crippen molar-refractivity contribution in [2.75, 3.05) is 18.7 Å². The minimum absolute atomic E-state index is 0.237. The molecule has 0 aliphatic carbocycles. The zero-order chi connectivity index (χ0) is 16.8. The number of nitrogens with one attached hydrogen (secondary N) is 2. The summed E-state index contributed by atoms with van der Waals surface area (Å²) in [6, 6.07) is 12.6. The Labute approximate surface area is 140 Å². The van der Waals surface area contributed by atoms with Crippen LogP contribution in [0.2, 0.25) is 0 Å². The van der Waals surface area contributed by atoms with Crippen LogP contribution in [0, 0.1) is 0 Å². The van der Waals surface area contributed by atoms with Gasteiger partial charge in [0.2, 0.25) is 6.79 Å². The van der Waals surface area contributed by atoms with Gasteiger partial charge in [-0.1, -0.05) is 18.2 Å². The molecule has 2 aromatic rings. The molecule has 0 saturated carbocycles. The van der Waals surface area contributed by atoms with Crippen molar-refractivity contribution in [1.29, 1.82) is 0 Å². The van der Waals surface area contributed by atoms with Gasteiger partial charge in [0.25, 0.3) is 0 Å². The topological polar surface area (TPSA) is 68.8 Å². The summed E-state index contributed by atoms with van der Waals surface area (Å²) >= 11 is 0. The Morgan fingerprint density at radius 2 is 2.08 bits per heavy atom.